The highest BCUT2D eigenvalue weighted by Gasteiger charge is 2.30. The first-order valence-electron chi connectivity index (χ1n) is 8.59. The van der Waals surface area contributed by atoms with Gasteiger partial charge in [-0.25, -0.2) is 0 Å². The molecule has 130 valence electrons. The molecule has 0 spiro atoms. The molecule has 1 aromatic heterocycles. The van der Waals surface area contributed by atoms with E-state index >= 15 is 0 Å². The van der Waals surface area contributed by atoms with Crippen LogP contribution in [0.5, 0.6) is 0 Å². The molecule has 1 aromatic carbocycles. The summed E-state index contributed by atoms with van der Waals surface area (Å²) in [7, 11) is 1.85. The average Bonchev–Trinajstić information content (AvgIpc) is 3.03. The predicted octanol–water partition coefficient (Wildman–Crippen LogP) is 1.91. The van der Waals surface area contributed by atoms with Gasteiger partial charge in [0, 0.05) is 37.6 Å². The smallest absolute Gasteiger partial charge is 0.249 e. The number of piperidine rings is 1. The molecular weight excluding hydrogens is 318 g/mol. The lowest BCUT2D eigenvalue weighted by Crippen LogP contribution is -2.47. The van der Waals surface area contributed by atoms with Crippen LogP contribution in [-0.4, -0.2) is 34.2 Å². The van der Waals surface area contributed by atoms with Gasteiger partial charge in [0.2, 0.25) is 11.8 Å². The van der Waals surface area contributed by atoms with Gasteiger partial charge < -0.3 is 15.5 Å². The lowest BCUT2D eigenvalue weighted by molar-refractivity contribution is -0.120. The first-order chi connectivity index (χ1) is 12.1. The highest BCUT2D eigenvalue weighted by Crippen LogP contribution is 2.28. The molecule has 7 nitrogen and oxygen atoms in total. The van der Waals surface area contributed by atoms with Crippen LogP contribution in [-0.2, 0) is 23.1 Å². The number of carbonyl (C=O) groups excluding carboxylic acids is 2. The number of amides is 2. The molecule has 0 bridgehead atoms. The third-order valence-corrected chi connectivity index (χ3v) is 4.78. The SMILES string of the molecule is Cn1cc(N2CCCC(Nc3ccc4c(c3)CCC(=O)N4)C2=O)cn1. The highest BCUT2D eigenvalue weighted by molar-refractivity contribution is 5.99. The Hall–Kier alpha value is -2.83. The monoisotopic (exact) mass is 339 g/mol. The van der Waals surface area contributed by atoms with Crippen LogP contribution in [0.15, 0.2) is 30.6 Å². The Bertz CT molecular complexity index is 829. The van der Waals surface area contributed by atoms with Crippen LogP contribution < -0.4 is 15.5 Å². The van der Waals surface area contributed by atoms with Crippen LogP contribution in [0.3, 0.4) is 0 Å². The zero-order valence-corrected chi connectivity index (χ0v) is 14.2. The number of hydrogen-bond acceptors (Lipinski definition) is 4. The molecule has 1 saturated heterocycles. The second kappa shape index (κ2) is 6.23. The van der Waals surface area contributed by atoms with Gasteiger partial charge >= 0.3 is 0 Å². The number of nitrogens with zero attached hydrogens (tertiary/aromatic N) is 3. The fourth-order valence-corrected chi connectivity index (χ4v) is 3.49. The number of fused-ring (bicyclic) bond motifs is 1. The molecule has 2 aromatic rings. The van der Waals surface area contributed by atoms with Crippen LogP contribution in [0.2, 0.25) is 0 Å². The van der Waals surface area contributed by atoms with Gasteiger partial charge in [-0.1, -0.05) is 0 Å². The molecule has 3 heterocycles. The van der Waals surface area contributed by atoms with Crippen molar-refractivity contribution in [3.05, 3.63) is 36.2 Å². The molecule has 0 saturated carbocycles. The Balaban J connectivity index is 1.50. The molecule has 0 aliphatic carbocycles. The summed E-state index contributed by atoms with van der Waals surface area (Å²) in [5.41, 5.74) is 3.74. The van der Waals surface area contributed by atoms with Gasteiger partial charge in [0.1, 0.15) is 6.04 Å². The maximum absolute atomic E-state index is 12.8. The number of benzene rings is 1. The number of nitrogens with one attached hydrogen (secondary N) is 2. The third-order valence-electron chi connectivity index (χ3n) is 4.78. The van der Waals surface area contributed by atoms with Crippen molar-refractivity contribution in [1.29, 1.82) is 0 Å². The van der Waals surface area contributed by atoms with E-state index < -0.39 is 0 Å². The standard InChI is InChI=1S/C18H21N5O2/c1-22-11-14(10-19-22)23-8-2-3-16(18(23)25)20-13-5-6-15-12(9-13)4-7-17(24)21-15/h5-6,9-11,16,20H,2-4,7-8H2,1H3,(H,21,24). The largest absolute Gasteiger partial charge is 0.374 e. The summed E-state index contributed by atoms with van der Waals surface area (Å²) in [6, 6.07) is 5.61. The first kappa shape index (κ1) is 15.7. The van der Waals surface area contributed by atoms with Gasteiger partial charge in [-0.2, -0.15) is 5.10 Å². The summed E-state index contributed by atoms with van der Waals surface area (Å²) in [6.07, 6.45) is 6.58. The van der Waals surface area contributed by atoms with Crippen molar-refractivity contribution < 1.29 is 9.59 Å². The minimum Gasteiger partial charge on any atom is -0.374 e. The van der Waals surface area contributed by atoms with Crippen LogP contribution in [0.4, 0.5) is 17.1 Å². The van der Waals surface area contributed by atoms with E-state index in [2.05, 4.69) is 15.7 Å². The molecule has 0 radical (unpaired) electrons. The topological polar surface area (TPSA) is 79.3 Å². The average molecular weight is 339 g/mol. The summed E-state index contributed by atoms with van der Waals surface area (Å²) in [4.78, 5) is 26.1. The van der Waals surface area contributed by atoms with Gasteiger partial charge in [-0.05, 0) is 43.0 Å². The van der Waals surface area contributed by atoms with E-state index in [9.17, 15) is 9.59 Å². The van der Waals surface area contributed by atoms with E-state index in [4.69, 9.17) is 0 Å². The number of aryl methyl sites for hydroxylation is 2. The van der Waals surface area contributed by atoms with Crippen molar-refractivity contribution in [3.63, 3.8) is 0 Å². The summed E-state index contributed by atoms with van der Waals surface area (Å²) >= 11 is 0. The molecule has 2 amide bonds. The molecule has 25 heavy (non-hydrogen) atoms. The minimum absolute atomic E-state index is 0.0581. The van der Waals surface area contributed by atoms with Gasteiger partial charge in [0.25, 0.3) is 0 Å². The van der Waals surface area contributed by atoms with E-state index in [1.807, 2.05) is 31.4 Å². The van der Waals surface area contributed by atoms with E-state index in [-0.39, 0.29) is 17.9 Å². The van der Waals surface area contributed by atoms with Crippen molar-refractivity contribution >= 4 is 28.9 Å². The lowest BCUT2D eigenvalue weighted by atomic mass is 10.0. The molecule has 7 heteroatoms. The minimum atomic E-state index is -0.245. The Morgan fingerprint density at radius 3 is 2.96 bits per heavy atom. The molecular formula is C18H21N5O2. The quantitative estimate of drug-likeness (QED) is 0.895. The normalized spacial score (nSPS) is 20.2. The molecule has 1 unspecified atom stereocenters. The van der Waals surface area contributed by atoms with Gasteiger partial charge in [0.15, 0.2) is 0 Å². The van der Waals surface area contributed by atoms with Crippen LogP contribution in [0, 0.1) is 0 Å². The summed E-state index contributed by atoms with van der Waals surface area (Å²) < 4.78 is 1.71. The second-order valence-corrected chi connectivity index (χ2v) is 6.62. The van der Waals surface area contributed by atoms with Gasteiger partial charge in [-0.3, -0.25) is 14.3 Å². The van der Waals surface area contributed by atoms with Crippen molar-refractivity contribution in [2.75, 3.05) is 22.1 Å². The van der Waals surface area contributed by atoms with Crippen molar-refractivity contribution in [3.8, 4) is 0 Å². The van der Waals surface area contributed by atoms with E-state index in [0.717, 1.165) is 48.4 Å². The zero-order valence-electron chi connectivity index (χ0n) is 14.2. The van der Waals surface area contributed by atoms with Crippen molar-refractivity contribution in [2.45, 2.75) is 31.7 Å². The summed E-state index contributed by atoms with van der Waals surface area (Å²) in [5, 5.41) is 10.4. The van der Waals surface area contributed by atoms with Crippen molar-refractivity contribution in [1.82, 2.24) is 9.78 Å². The van der Waals surface area contributed by atoms with Crippen molar-refractivity contribution in [2.24, 2.45) is 7.05 Å². The Morgan fingerprint density at radius 2 is 2.16 bits per heavy atom. The number of rotatable bonds is 3. The maximum Gasteiger partial charge on any atom is 0.249 e. The van der Waals surface area contributed by atoms with E-state index in [1.54, 1.807) is 15.8 Å². The first-order valence-corrected chi connectivity index (χ1v) is 8.59. The Morgan fingerprint density at radius 1 is 1.28 bits per heavy atom. The van der Waals surface area contributed by atoms with Crippen LogP contribution in [0.25, 0.3) is 0 Å². The zero-order chi connectivity index (χ0) is 17.4. The molecule has 4 rings (SSSR count). The Labute approximate surface area is 146 Å². The number of carbonyl (C=O) groups is 2. The summed E-state index contributed by atoms with van der Waals surface area (Å²) in [5.74, 6) is 0.132. The number of anilines is 3. The molecule has 1 atom stereocenters. The van der Waals surface area contributed by atoms with Crippen LogP contribution >= 0.6 is 0 Å². The molecule has 1 fully saturated rings. The number of hydrogen-bond donors (Lipinski definition) is 2. The molecule has 2 aliphatic heterocycles. The fourth-order valence-electron chi connectivity index (χ4n) is 3.49. The van der Waals surface area contributed by atoms with Gasteiger partial charge in [0.05, 0.1) is 11.9 Å². The summed E-state index contributed by atoms with van der Waals surface area (Å²) in [6.45, 7) is 0.721. The van der Waals surface area contributed by atoms with Crippen LogP contribution in [0.1, 0.15) is 24.8 Å². The molecule has 2 aliphatic rings. The second-order valence-electron chi connectivity index (χ2n) is 6.62. The van der Waals surface area contributed by atoms with E-state index in [0.29, 0.717) is 6.42 Å². The Kier molecular flexibility index (Phi) is 3.91. The van der Waals surface area contributed by atoms with E-state index in [1.165, 1.54) is 0 Å². The predicted molar refractivity (Wildman–Crippen MR) is 95.6 cm³/mol. The highest BCUT2D eigenvalue weighted by atomic mass is 16.2. The third kappa shape index (κ3) is 3.09. The lowest BCUT2D eigenvalue weighted by Gasteiger charge is -2.32. The maximum atomic E-state index is 12.8. The fraction of sp³-hybridized carbons (Fsp3) is 0.389. The number of aromatic nitrogens is 2. The molecule has 2 N–H and O–H groups in total. The van der Waals surface area contributed by atoms with Gasteiger partial charge in [-0.15, -0.1) is 0 Å².